The molecule has 6 rings (SSSR count). The van der Waals surface area contributed by atoms with Gasteiger partial charge in [0.1, 0.15) is 5.71 Å². The van der Waals surface area contributed by atoms with E-state index in [1.807, 2.05) is 11.1 Å². The molecule has 4 heterocycles. The lowest BCUT2D eigenvalue weighted by molar-refractivity contribution is -0.132. The lowest BCUT2D eigenvalue weighted by Crippen LogP contribution is -2.50. The number of aliphatic imine (C=N–C) groups is 2. The van der Waals surface area contributed by atoms with Crippen LogP contribution in [0.3, 0.4) is 0 Å². The van der Waals surface area contributed by atoms with E-state index in [0.717, 1.165) is 81.5 Å². The molecule has 1 unspecified atom stereocenters. The van der Waals surface area contributed by atoms with Gasteiger partial charge in [-0.05, 0) is 31.1 Å². The summed E-state index contributed by atoms with van der Waals surface area (Å²) in [5.74, 6) is 1.45. The average Bonchev–Trinajstić information content (AvgIpc) is 3.78. The van der Waals surface area contributed by atoms with Gasteiger partial charge in [-0.15, -0.1) is 0 Å². The van der Waals surface area contributed by atoms with Crippen LogP contribution in [0.1, 0.15) is 18.4 Å². The van der Waals surface area contributed by atoms with Crippen molar-refractivity contribution >= 4 is 28.8 Å². The Bertz CT molecular complexity index is 1060. The molecule has 4 aliphatic heterocycles. The van der Waals surface area contributed by atoms with E-state index in [1.165, 1.54) is 5.69 Å². The summed E-state index contributed by atoms with van der Waals surface area (Å²) in [5, 5.41) is 10.2. The van der Waals surface area contributed by atoms with Gasteiger partial charge in [-0.1, -0.05) is 12.1 Å². The van der Waals surface area contributed by atoms with Crippen LogP contribution in [0.4, 0.5) is 5.69 Å². The third-order valence-electron chi connectivity index (χ3n) is 7.21. The lowest BCUT2D eigenvalue weighted by Gasteiger charge is -2.36. The molecule has 0 spiro atoms. The summed E-state index contributed by atoms with van der Waals surface area (Å²) in [7, 11) is 0. The molecule has 0 radical (unpaired) electrons. The molecule has 9 nitrogen and oxygen atoms in total. The first-order valence-corrected chi connectivity index (χ1v) is 12.7. The number of carbonyl (C=O) groups excluding carboxylic acids is 1. The Kier molecular flexibility index (Phi) is 6.26. The Labute approximate surface area is 206 Å². The smallest absolute Gasteiger partial charge is 0.225 e. The molecule has 184 valence electrons. The Morgan fingerprint density at radius 3 is 2.71 bits per heavy atom. The molecular formula is C26H33N7O2. The van der Waals surface area contributed by atoms with Gasteiger partial charge in [0.2, 0.25) is 5.91 Å². The number of carbonyl (C=O) groups is 1. The topological polar surface area (TPSA) is 93.6 Å². The maximum Gasteiger partial charge on any atom is 0.225 e. The molecule has 5 aliphatic rings. The van der Waals surface area contributed by atoms with E-state index in [1.54, 1.807) is 6.20 Å². The van der Waals surface area contributed by atoms with Gasteiger partial charge in [0.25, 0.3) is 0 Å². The molecule has 1 aliphatic carbocycles. The minimum absolute atomic E-state index is 0.0165. The number of hydrogen-bond acceptors (Lipinski definition) is 8. The summed E-state index contributed by atoms with van der Waals surface area (Å²) in [6, 6.07) is 8.59. The molecule has 3 N–H and O–H groups in total. The van der Waals surface area contributed by atoms with Crippen molar-refractivity contribution in [2.24, 2.45) is 15.9 Å². The predicted octanol–water partition coefficient (Wildman–Crippen LogP) is 0.960. The largest absolute Gasteiger partial charge is 0.378 e. The van der Waals surface area contributed by atoms with E-state index >= 15 is 0 Å². The van der Waals surface area contributed by atoms with Crippen LogP contribution in [0.2, 0.25) is 0 Å². The van der Waals surface area contributed by atoms with Gasteiger partial charge in [-0.2, -0.15) is 0 Å². The van der Waals surface area contributed by atoms with Gasteiger partial charge >= 0.3 is 0 Å². The molecular weight excluding hydrogens is 442 g/mol. The molecule has 0 bridgehead atoms. The molecule has 1 saturated carbocycles. The number of nitrogens with one attached hydrogen (secondary N) is 3. The van der Waals surface area contributed by atoms with Gasteiger partial charge in [0, 0.05) is 75.4 Å². The van der Waals surface area contributed by atoms with Crippen molar-refractivity contribution in [2.45, 2.75) is 25.0 Å². The third-order valence-corrected chi connectivity index (χ3v) is 7.21. The number of morpholine rings is 1. The van der Waals surface area contributed by atoms with Crippen molar-refractivity contribution in [1.82, 2.24) is 20.9 Å². The number of amides is 1. The maximum absolute atomic E-state index is 12.3. The predicted molar refractivity (Wildman–Crippen MR) is 137 cm³/mol. The standard InChI is InChI=1S/C26H33N7O2/c34-26(19-1-2-19)33-12-10-32(11-13-33)20-5-3-18(4-6-20)22-15-23-24(29-8-7-28-23)25(31-22)30-17-21-16-27-9-14-35-21/h3-8,15,19,21,23,27-28H,1-2,9-14,16-17H2,(H,30,31)/t21-,23?/m0/s1. The quantitative estimate of drug-likeness (QED) is 0.588. The second kappa shape index (κ2) is 9.83. The van der Waals surface area contributed by atoms with Crippen LogP contribution in [-0.2, 0) is 9.53 Å². The lowest BCUT2D eigenvalue weighted by atomic mass is 10.0. The molecule has 2 atom stereocenters. The fourth-order valence-corrected chi connectivity index (χ4v) is 5.00. The van der Waals surface area contributed by atoms with E-state index < -0.39 is 0 Å². The van der Waals surface area contributed by atoms with Gasteiger partial charge in [-0.3, -0.25) is 9.79 Å². The summed E-state index contributed by atoms with van der Waals surface area (Å²) in [5.41, 5.74) is 4.08. The minimum atomic E-state index is -0.0165. The Balaban J connectivity index is 1.13. The number of ether oxygens (including phenoxy) is 1. The van der Waals surface area contributed by atoms with Gasteiger partial charge in [-0.25, -0.2) is 4.99 Å². The van der Waals surface area contributed by atoms with Crippen molar-refractivity contribution in [3.8, 4) is 0 Å². The summed E-state index contributed by atoms with van der Waals surface area (Å²) in [6.45, 7) is 6.53. The van der Waals surface area contributed by atoms with E-state index in [2.05, 4.69) is 56.2 Å². The fraction of sp³-hybridized carbons (Fsp3) is 0.500. The van der Waals surface area contributed by atoms with Crippen LogP contribution < -0.4 is 20.9 Å². The number of amidine groups is 1. The SMILES string of the molecule is O=C(C1CC1)N1CCN(c2ccc(C3=CC4NC=CN=C4C(NC[C@@H]4CNCCO4)=N3)cc2)CC1. The van der Waals surface area contributed by atoms with Gasteiger partial charge in [0.15, 0.2) is 5.84 Å². The molecule has 1 amide bonds. The highest BCUT2D eigenvalue weighted by atomic mass is 16.5. The number of rotatable bonds is 5. The zero-order valence-electron chi connectivity index (χ0n) is 19.9. The number of nitrogens with zero attached hydrogens (tertiary/aromatic N) is 4. The molecule has 2 saturated heterocycles. The number of fused-ring (bicyclic) bond motifs is 1. The van der Waals surface area contributed by atoms with E-state index in [-0.39, 0.29) is 12.1 Å². The first kappa shape index (κ1) is 22.3. The summed E-state index contributed by atoms with van der Waals surface area (Å²) in [6.07, 6.45) is 8.03. The summed E-state index contributed by atoms with van der Waals surface area (Å²) >= 11 is 0. The maximum atomic E-state index is 12.3. The van der Waals surface area contributed by atoms with Crippen molar-refractivity contribution in [2.75, 3.05) is 57.3 Å². The van der Waals surface area contributed by atoms with Crippen LogP contribution in [0.5, 0.6) is 0 Å². The van der Waals surface area contributed by atoms with Gasteiger partial charge in [0.05, 0.1) is 24.4 Å². The number of piperazine rings is 1. The van der Waals surface area contributed by atoms with Crippen LogP contribution in [0.25, 0.3) is 5.70 Å². The Morgan fingerprint density at radius 1 is 1.14 bits per heavy atom. The normalized spacial score (nSPS) is 26.2. The summed E-state index contributed by atoms with van der Waals surface area (Å²) < 4.78 is 5.83. The second-order valence-corrected chi connectivity index (χ2v) is 9.70. The molecule has 0 aromatic heterocycles. The number of hydrogen-bond donors (Lipinski definition) is 3. The Morgan fingerprint density at radius 2 is 1.97 bits per heavy atom. The third kappa shape index (κ3) is 4.97. The molecule has 35 heavy (non-hydrogen) atoms. The van der Waals surface area contributed by atoms with Crippen LogP contribution in [0.15, 0.2) is 52.7 Å². The summed E-state index contributed by atoms with van der Waals surface area (Å²) in [4.78, 5) is 26.3. The second-order valence-electron chi connectivity index (χ2n) is 9.70. The number of anilines is 1. The fourth-order valence-electron chi connectivity index (χ4n) is 5.00. The van der Waals surface area contributed by atoms with E-state index in [9.17, 15) is 4.79 Å². The minimum Gasteiger partial charge on any atom is -0.378 e. The van der Waals surface area contributed by atoms with Crippen molar-refractivity contribution < 1.29 is 9.53 Å². The van der Waals surface area contributed by atoms with Crippen molar-refractivity contribution in [3.63, 3.8) is 0 Å². The molecule has 3 fully saturated rings. The van der Waals surface area contributed by atoms with E-state index in [0.29, 0.717) is 18.4 Å². The number of benzene rings is 1. The molecule has 1 aromatic rings. The monoisotopic (exact) mass is 475 g/mol. The van der Waals surface area contributed by atoms with Crippen LogP contribution in [-0.4, -0.2) is 86.9 Å². The zero-order valence-corrected chi connectivity index (χ0v) is 19.9. The van der Waals surface area contributed by atoms with Crippen LogP contribution >= 0.6 is 0 Å². The highest BCUT2D eigenvalue weighted by Crippen LogP contribution is 2.32. The Hall–Kier alpha value is -3.17. The van der Waals surface area contributed by atoms with E-state index in [4.69, 9.17) is 9.73 Å². The van der Waals surface area contributed by atoms with Crippen molar-refractivity contribution in [1.29, 1.82) is 0 Å². The first-order chi connectivity index (χ1) is 17.2. The van der Waals surface area contributed by atoms with Gasteiger partial charge < -0.3 is 30.5 Å². The highest BCUT2D eigenvalue weighted by Gasteiger charge is 2.34. The highest BCUT2D eigenvalue weighted by molar-refractivity contribution is 6.45. The molecule has 9 heteroatoms. The zero-order chi connectivity index (χ0) is 23.6. The van der Waals surface area contributed by atoms with Crippen molar-refractivity contribution in [3.05, 3.63) is 48.3 Å². The average molecular weight is 476 g/mol. The molecule has 1 aromatic carbocycles. The van der Waals surface area contributed by atoms with Crippen LogP contribution in [0, 0.1) is 5.92 Å². The first-order valence-electron chi connectivity index (χ1n) is 12.7.